The van der Waals surface area contributed by atoms with Gasteiger partial charge in [0.05, 0.1) is 0 Å². The van der Waals surface area contributed by atoms with Crippen molar-refractivity contribution in [2.75, 3.05) is 13.1 Å². The van der Waals surface area contributed by atoms with E-state index < -0.39 is 0 Å². The molecule has 0 aliphatic carbocycles. The molecular formula is C13H17N5. The fraction of sp³-hybridized carbons (Fsp3) is 0.462. The molecule has 0 aromatic carbocycles. The van der Waals surface area contributed by atoms with Crippen molar-refractivity contribution in [3.63, 3.8) is 0 Å². The van der Waals surface area contributed by atoms with Gasteiger partial charge in [0.25, 0.3) is 0 Å². The molecule has 2 aromatic rings. The lowest BCUT2D eigenvalue weighted by molar-refractivity contribution is 0.368. The highest BCUT2D eigenvalue weighted by Crippen LogP contribution is 2.25. The van der Waals surface area contributed by atoms with Gasteiger partial charge in [-0.05, 0) is 38.4 Å². The fourth-order valence-electron chi connectivity index (χ4n) is 2.55. The first-order chi connectivity index (χ1) is 8.86. The van der Waals surface area contributed by atoms with Crippen LogP contribution in [-0.4, -0.2) is 32.8 Å². The van der Waals surface area contributed by atoms with Gasteiger partial charge in [-0.15, -0.1) is 10.2 Å². The molecule has 0 spiro atoms. The molecular weight excluding hydrogens is 226 g/mol. The minimum atomic E-state index is 0.448. The Labute approximate surface area is 106 Å². The van der Waals surface area contributed by atoms with E-state index in [1.807, 2.05) is 25.3 Å². The van der Waals surface area contributed by atoms with E-state index in [9.17, 15) is 0 Å². The van der Waals surface area contributed by atoms with Gasteiger partial charge < -0.3 is 9.88 Å². The highest BCUT2D eigenvalue weighted by Gasteiger charge is 2.21. The summed E-state index contributed by atoms with van der Waals surface area (Å²) in [7, 11) is 0. The Balaban J connectivity index is 2.01. The van der Waals surface area contributed by atoms with Crippen LogP contribution in [0.15, 0.2) is 24.5 Å². The average molecular weight is 243 g/mol. The highest BCUT2D eigenvalue weighted by molar-refractivity contribution is 5.53. The summed E-state index contributed by atoms with van der Waals surface area (Å²) in [6, 6.07) is 4.41. The maximum absolute atomic E-state index is 4.31. The first kappa shape index (κ1) is 11.3. The van der Waals surface area contributed by atoms with Gasteiger partial charge in [-0.2, -0.15) is 0 Å². The van der Waals surface area contributed by atoms with Crippen LogP contribution in [0.5, 0.6) is 0 Å². The summed E-state index contributed by atoms with van der Waals surface area (Å²) in [4.78, 5) is 4.16. The van der Waals surface area contributed by atoms with E-state index in [-0.39, 0.29) is 0 Å². The van der Waals surface area contributed by atoms with Crippen LogP contribution < -0.4 is 5.32 Å². The van der Waals surface area contributed by atoms with Crippen molar-refractivity contribution >= 4 is 0 Å². The summed E-state index contributed by atoms with van der Waals surface area (Å²) >= 11 is 0. The molecule has 3 heterocycles. The fourth-order valence-corrected chi connectivity index (χ4v) is 2.55. The van der Waals surface area contributed by atoms with Crippen molar-refractivity contribution in [1.29, 1.82) is 0 Å². The van der Waals surface area contributed by atoms with Crippen LogP contribution in [0.25, 0.3) is 11.4 Å². The maximum Gasteiger partial charge on any atom is 0.165 e. The molecule has 0 radical (unpaired) electrons. The number of rotatable bonds is 2. The van der Waals surface area contributed by atoms with Crippen molar-refractivity contribution in [1.82, 2.24) is 25.1 Å². The van der Waals surface area contributed by atoms with E-state index in [1.165, 1.54) is 12.8 Å². The Morgan fingerprint density at radius 1 is 1.39 bits per heavy atom. The van der Waals surface area contributed by atoms with E-state index >= 15 is 0 Å². The molecule has 1 aliphatic rings. The summed E-state index contributed by atoms with van der Waals surface area (Å²) in [6.07, 6.45) is 6.00. The Bertz CT molecular complexity index is 513. The molecule has 1 fully saturated rings. The molecule has 1 aliphatic heterocycles. The van der Waals surface area contributed by atoms with Crippen molar-refractivity contribution in [2.45, 2.75) is 25.8 Å². The zero-order valence-electron chi connectivity index (χ0n) is 10.5. The SMILES string of the molecule is Cc1nnc(-c2cccnc2)n1C1CCCNC1. The number of hydrogen-bond acceptors (Lipinski definition) is 4. The standard InChI is InChI=1S/C13H17N5/c1-10-16-17-13(11-4-2-6-14-8-11)18(10)12-5-3-7-15-9-12/h2,4,6,8,12,15H,3,5,7,9H2,1H3. The Hall–Kier alpha value is -1.75. The summed E-state index contributed by atoms with van der Waals surface area (Å²) in [5.74, 6) is 1.90. The van der Waals surface area contributed by atoms with Gasteiger partial charge in [0.15, 0.2) is 5.82 Å². The predicted molar refractivity (Wildman–Crippen MR) is 69.1 cm³/mol. The van der Waals surface area contributed by atoms with Crippen LogP contribution in [-0.2, 0) is 0 Å². The molecule has 5 nitrogen and oxygen atoms in total. The van der Waals surface area contributed by atoms with Gasteiger partial charge in [-0.3, -0.25) is 4.98 Å². The zero-order valence-corrected chi connectivity index (χ0v) is 10.5. The Morgan fingerprint density at radius 2 is 2.33 bits per heavy atom. The van der Waals surface area contributed by atoms with Crippen molar-refractivity contribution in [3.8, 4) is 11.4 Å². The Kier molecular flexibility index (Phi) is 3.06. The number of hydrogen-bond donors (Lipinski definition) is 1. The van der Waals surface area contributed by atoms with Gasteiger partial charge in [-0.1, -0.05) is 0 Å². The normalized spacial score (nSPS) is 19.9. The third-order valence-electron chi connectivity index (χ3n) is 3.42. The molecule has 1 saturated heterocycles. The summed E-state index contributed by atoms with van der Waals surface area (Å²) in [6.45, 7) is 4.12. The number of nitrogens with one attached hydrogen (secondary N) is 1. The summed E-state index contributed by atoms with van der Waals surface area (Å²) < 4.78 is 2.24. The minimum absolute atomic E-state index is 0.448. The van der Waals surface area contributed by atoms with Crippen LogP contribution in [0, 0.1) is 6.92 Å². The lowest BCUT2D eigenvalue weighted by Gasteiger charge is -2.26. The van der Waals surface area contributed by atoms with E-state index in [2.05, 4.69) is 25.1 Å². The van der Waals surface area contributed by atoms with E-state index in [1.54, 1.807) is 6.20 Å². The monoisotopic (exact) mass is 243 g/mol. The summed E-state index contributed by atoms with van der Waals surface area (Å²) in [5.41, 5.74) is 1.03. The Morgan fingerprint density at radius 3 is 3.06 bits per heavy atom. The molecule has 1 atom stereocenters. The van der Waals surface area contributed by atoms with E-state index in [4.69, 9.17) is 0 Å². The molecule has 1 N–H and O–H groups in total. The highest BCUT2D eigenvalue weighted by atomic mass is 15.3. The molecule has 5 heteroatoms. The number of piperidine rings is 1. The maximum atomic E-state index is 4.31. The van der Waals surface area contributed by atoms with Crippen molar-refractivity contribution in [3.05, 3.63) is 30.4 Å². The molecule has 18 heavy (non-hydrogen) atoms. The van der Waals surface area contributed by atoms with Crippen molar-refractivity contribution in [2.24, 2.45) is 0 Å². The van der Waals surface area contributed by atoms with Crippen LogP contribution in [0.2, 0.25) is 0 Å². The first-order valence-corrected chi connectivity index (χ1v) is 6.39. The molecule has 0 saturated carbocycles. The third kappa shape index (κ3) is 2.01. The lowest BCUT2D eigenvalue weighted by Crippen LogP contribution is -2.32. The quantitative estimate of drug-likeness (QED) is 0.870. The molecule has 0 amide bonds. The van der Waals surface area contributed by atoms with Crippen LogP contribution in [0.1, 0.15) is 24.7 Å². The topological polar surface area (TPSA) is 55.6 Å². The molecule has 94 valence electrons. The number of pyridine rings is 1. The van der Waals surface area contributed by atoms with Gasteiger partial charge in [0, 0.05) is 30.5 Å². The van der Waals surface area contributed by atoms with Gasteiger partial charge in [-0.25, -0.2) is 0 Å². The summed E-state index contributed by atoms with van der Waals surface area (Å²) in [5, 5.41) is 12.0. The number of nitrogens with zero attached hydrogens (tertiary/aromatic N) is 4. The largest absolute Gasteiger partial charge is 0.315 e. The van der Waals surface area contributed by atoms with Crippen LogP contribution in [0.3, 0.4) is 0 Å². The lowest BCUT2D eigenvalue weighted by atomic mass is 10.1. The van der Waals surface area contributed by atoms with E-state index in [0.717, 1.165) is 30.3 Å². The molecule has 3 rings (SSSR count). The third-order valence-corrected chi connectivity index (χ3v) is 3.42. The second kappa shape index (κ2) is 4.86. The van der Waals surface area contributed by atoms with Gasteiger partial charge >= 0.3 is 0 Å². The van der Waals surface area contributed by atoms with E-state index in [0.29, 0.717) is 6.04 Å². The van der Waals surface area contributed by atoms with Gasteiger partial charge in [0.2, 0.25) is 0 Å². The molecule has 1 unspecified atom stereocenters. The predicted octanol–water partition coefficient (Wildman–Crippen LogP) is 1.57. The van der Waals surface area contributed by atoms with Crippen LogP contribution >= 0.6 is 0 Å². The number of aryl methyl sites for hydroxylation is 1. The number of aromatic nitrogens is 4. The zero-order chi connectivity index (χ0) is 12.4. The minimum Gasteiger partial charge on any atom is -0.315 e. The van der Waals surface area contributed by atoms with Crippen LogP contribution in [0.4, 0.5) is 0 Å². The first-order valence-electron chi connectivity index (χ1n) is 6.39. The average Bonchev–Trinajstić information content (AvgIpc) is 2.83. The smallest absolute Gasteiger partial charge is 0.165 e. The molecule has 2 aromatic heterocycles. The van der Waals surface area contributed by atoms with Crippen molar-refractivity contribution < 1.29 is 0 Å². The second-order valence-corrected chi connectivity index (χ2v) is 4.68. The molecule has 0 bridgehead atoms. The second-order valence-electron chi connectivity index (χ2n) is 4.68. The van der Waals surface area contributed by atoms with Gasteiger partial charge in [0.1, 0.15) is 5.82 Å².